The van der Waals surface area contributed by atoms with Crippen molar-refractivity contribution >= 4 is 17.5 Å². The van der Waals surface area contributed by atoms with Crippen LogP contribution in [-0.4, -0.2) is 22.3 Å². The third-order valence-electron chi connectivity index (χ3n) is 3.97. The fourth-order valence-corrected chi connectivity index (χ4v) is 2.83. The quantitative estimate of drug-likeness (QED) is 0.633. The molecular weight excluding hydrogens is 407 g/mol. The molecule has 0 radical (unpaired) electrons. The smallest absolute Gasteiger partial charge is 0.435 e. The van der Waals surface area contributed by atoms with Gasteiger partial charge in [-0.3, -0.25) is 4.79 Å². The van der Waals surface area contributed by atoms with Crippen molar-refractivity contribution in [2.75, 3.05) is 6.61 Å². The van der Waals surface area contributed by atoms with E-state index in [1.807, 2.05) is 31.2 Å². The van der Waals surface area contributed by atoms with Gasteiger partial charge < -0.3 is 10.1 Å². The monoisotopic (exact) mass is 423 g/mol. The summed E-state index contributed by atoms with van der Waals surface area (Å²) >= 11 is 6.07. The first-order valence-electron chi connectivity index (χ1n) is 8.61. The third-order valence-corrected chi connectivity index (χ3v) is 4.29. The van der Waals surface area contributed by atoms with Crippen molar-refractivity contribution in [3.8, 4) is 11.6 Å². The first-order valence-corrected chi connectivity index (χ1v) is 8.99. The van der Waals surface area contributed by atoms with Crippen molar-refractivity contribution in [1.29, 1.82) is 0 Å². The van der Waals surface area contributed by atoms with Gasteiger partial charge in [0.15, 0.2) is 12.3 Å². The number of rotatable bonds is 6. The number of ether oxygens (including phenoxy) is 1. The minimum atomic E-state index is -4.67. The van der Waals surface area contributed by atoms with Crippen molar-refractivity contribution in [3.05, 3.63) is 76.4 Å². The SMILES string of the molecule is Cc1cccc(CNC(=O)COc2cc(C(F)(F)F)nn2-c2ccccc2Cl)c1. The van der Waals surface area contributed by atoms with Crippen LogP contribution in [0.4, 0.5) is 13.2 Å². The molecule has 1 amide bonds. The molecule has 0 aliphatic rings. The Labute approximate surface area is 170 Å². The van der Waals surface area contributed by atoms with E-state index in [9.17, 15) is 18.0 Å². The number of hydrogen-bond acceptors (Lipinski definition) is 3. The first kappa shape index (κ1) is 20.7. The number of alkyl halides is 3. The molecule has 0 bridgehead atoms. The first-order chi connectivity index (χ1) is 13.7. The summed E-state index contributed by atoms with van der Waals surface area (Å²) in [5.74, 6) is -0.719. The highest BCUT2D eigenvalue weighted by Crippen LogP contribution is 2.33. The Balaban J connectivity index is 1.73. The molecule has 1 aromatic heterocycles. The van der Waals surface area contributed by atoms with E-state index in [1.165, 1.54) is 12.1 Å². The second-order valence-electron chi connectivity index (χ2n) is 6.28. The van der Waals surface area contributed by atoms with Gasteiger partial charge in [-0.2, -0.15) is 23.0 Å². The molecule has 0 spiro atoms. The molecule has 152 valence electrons. The van der Waals surface area contributed by atoms with Gasteiger partial charge in [0, 0.05) is 12.6 Å². The lowest BCUT2D eigenvalue weighted by Gasteiger charge is -2.11. The van der Waals surface area contributed by atoms with Crippen molar-refractivity contribution in [2.24, 2.45) is 0 Å². The predicted octanol–water partition coefficient (Wildman–Crippen LogP) is 4.55. The number of nitrogens with zero attached hydrogens (tertiary/aromatic N) is 2. The summed E-state index contributed by atoms with van der Waals surface area (Å²) in [5, 5.41) is 6.40. The van der Waals surface area contributed by atoms with E-state index in [1.54, 1.807) is 12.1 Å². The second-order valence-corrected chi connectivity index (χ2v) is 6.69. The number of aryl methyl sites for hydroxylation is 1. The summed E-state index contributed by atoms with van der Waals surface area (Å²) in [5.41, 5.74) is 1.02. The zero-order valence-corrected chi connectivity index (χ0v) is 16.1. The van der Waals surface area contributed by atoms with E-state index in [2.05, 4.69) is 10.4 Å². The number of benzene rings is 2. The lowest BCUT2D eigenvalue weighted by molar-refractivity contribution is -0.141. The van der Waals surface area contributed by atoms with Crippen LogP contribution in [0.5, 0.6) is 5.88 Å². The molecule has 3 aromatic rings. The maximum Gasteiger partial charge on any atom is 0.435 e. The van der Waals surface area contributed by atoms with Crippen LogP contribution in [0.3, 0.4) is 0 Å². The average molecular weight is 424 g/mol. The van der Waals surface area contributed by atoms with Crippen LogP contribution in [0.25, 0.3) is 5.69 Å². The van der Waals surface area contributed by atoms with Crippen molar-refractivity contribution in [2.45, 2.75) is 19.6 Å². The van der Waals surface area contributed by atoms with E-state index < -0.39 is 24.4 Å². The number of nitrogens with one attached hydrogen (secondary N) is 1. The lowest BCUT2D eigenvalue weighted by atomic mass is 10.1. The molecule has 1 heterocycles. The lowest BCUT2D eigenvalue weighted by Crippen LogP contribution is -2.28. The molecule has 0 atom stereocenters. The summed E-state index contributed by atoms with van der Waals surface area (Å²) in [4.78, 5) is 12.1. The molecule has 3 rings (SSSR count). The number of halogens is 4. The minimum Gasteiger partial charge on any atom is -0.467 e. The largest absolute Gasteiger partial charge is 0.467 e. The average Bonchev–Trinajstić information content (AvgIpc) is 3.10. The van der Waals surface area contributed by atoms with Gasteiger partial charge in [-0.1, -0.05) is 53.6 Å². The molecule has 1 N–H and O–H groups in total. The normalized spacial score (nSPS) is 11.3. The van der Waals surface area contributed by atoms with Crippen LogP contribution in [0.1, 0.15) is 16.8 Å². The Bertz CT molecular complexity index is 1020. The Hall–Kier alpha value is -3.00. The molecule has 0 aliphatic carbocycles. The van der Waals surface area contributed by atoms with Crippen LogP contribution in [0.15, 0.2) is 54.6 Å². The molecule has 0 unspecified atom stereocenters. The number of aromatic nitrogens is 2. The van der Waals surface area contributed by atoms with Gasteiger partial charge in [0.2, 0.25) is 5.88 Å². The van der Waals surface area contributed by atoms with Crippen LogP contribution < -0.4 is 10.1 Å². The van der Waals surface area contributed by atoms with Crippen LogP contribution in [0.2, 0.25) is 5.02 Å². The van der Waals surface area contributed by atoms with Crippen molar-refractivity contribution in [3.63, 3.8) is 0 Å². The van der Waals surface area contributed by atoms with Gasteiger partial charge in [0.25, 0.3) is 5.91 Å². The molecule has 29 heavy (non-hydrogen) atoms. The minimum absolute atomic E-state index is 0.193. The Morgan fingerprint density at radius 2 is 1.93 bits per heavy atom. The number of carbonyl (C=O) groups is 1. The Morgan fingerprint density at radius 3 is 2.62 bits per heavy atom. The molecule has 0 aliphatic heterocycles. The molecule has 2 aromatic carbocycles. The molecule has 9 heteroatoms. The summed E-state index contributed by atoms with van der Waals surface area (Å²) < 4.78 is 45.5. The molecule has 0 fully saturated rings. The zero-order valence-electron chi connectivity index (χ0n) is 15.3. The fraction of sp³-hybridized carbons (Fsp3) is 0.200. The second kappa shape index (κ2) is 8.57. The van der Waals surface area contributed by atoms with E-state index >= 15 is 0 Å². The standard InChI is InChI=1S/C20H17ClF3N3O2/c1-13-5-4-6-14(9-13)11-25-18(28)12-29-19-10-17(20(22,23)24)26-27(19)16-8-3-2-7-15(16)21/h2-10H,11-12H2,1H3,(H,25,28). The summed E-state index contributed by atoms with van der Waals surface area (Å²) in [6.45, 7) is 1.74. The number of amides is 1. The van der Waals surface area contributed by atoms with Crippen LogP contribution >= 0.6 is 11.6 Å². The van der Waals surface area contributed by atoms with Gasteiger partial charge in [-0.25, -0.2) is 0 Å². The maximum absolute atomic E-state index is 13.1. The van der Waals surface area contributed by atoms with Crippen molar-refractivity contribution < 1.29 is 22.7 Å². The van der Waals surface area contributed by atoms with Crippen molar-refractivity contribution in [1.82, 2.24) is 15.1 Å². The molecule has 0 saturated heterocycles. The van der Waals surface area contributed by atoms with Crippen LogP contribution in [-0.2, 0) is 17.5 Å². The maximum atomic E-state index is 13.1. The zero-order chi connectivity index (χ0) is 21.0. The third kappa shape index (κ3) is 5.29. The summed E-state index contributed by atoms with van der Waals surface area (Å²) in [6, 6.07) is 14.6. The van der Waals surface area contributed by atoms with Gasteiger partial charge in [-0.15, -0.1) is 0 Å². The Kier molecular flexibility index (Phi) is 6.12. The number of hydrogen-bond donors (Lipinski definition) is 1. The summed E-state index contributed by atoms with van der Waals surface area (Å²) in [7, 11) is 0. The Morgan fingerprint density at radius 1 is 1.17 bits per heavy atom. The fourth-order valence-electron chi connectivity index (χ4n) is 2.61. The highest BCUT2D eigenvalue weighted by Gasteiger charge is 2.35. The number of para-hydroxylation sites is 1. The number of carbonyl (C=O) groups excluding carboxylic acids is 1. The highest BCUT2D eigenvalue weighted by atomic mass is 35.5. The molecular formula is C20H17ClF3N3O2. The predicted molar refractivity (Wildman–Crippen MR) is 102 cm³/mol. The van der Waals surface area contributed by atoms with Gasteiger partial charge >= 0.3 is 6.18 Å². The van der Waals surface area contributed by atoms with Gasteiger partial charge in [0.1, 0.15) is 0 Å². The van der Waals surface area contributed by atoms with E-state index in [-0.39, 0.29) is 23.1 Å². The molecule has 5 nitrogen and oxygen atoms in total. The van der Waals surface area contributed by atoms with Gasteiger partial charge in [0.05, 0.1) is 10.7 Å². The topological polar surface area (TPSA) is 56.1 Å². The highest BCUT2D eigenvalue weighted by molar-refractivity contribution is 6.32. The van der Waals surface area contributed by atoms with E-state index in [4.69, 9.17) is 16.3 Å². The van der Waals surface area contributed by atoms with Crippen LogP contribution in [0, 0.1) is 6.92 Å². The molecule has 0 saturated carbocycles. The van der Waals surface area contributed by atoms with Gasteiger partial charge in [-0.05, 0) is 24.6 Å². The van der Waals surface area contributed by atoms with E-state index in [0.29, 0.717) is 0 Å². The van der Waals surface area contributed by atoms with E-state index in [0.717, 1.165) is 21.9 Å². The summed E-state index contributed by atoms with van der Waals surface area (Å²) in [6.07, 6.45) is -4.67.